The van der Waals surface area contributed by atoms with Gasteiger partial charge in [-0.25, -0.2) is 4.79 Å². The van der Waals surface area contributed by atoms with E-state index < -0.39 is 11.7 Å². The van der Waals surface area contributed by atoms with Crippen molar-refractivity contribution in [2.75, 3.05) is 0 Å². The van der Waals surface area contributed by atoms with Gasteiger partial charge in [0.2, 0.25) is 0 Å². The van der Waals surface area contributed by atoms with Crippen molar-refractivity contribution in [3.63, 3.8) is 0 Å². The molecule has 0 heterocycles. The van der Waals surface area contributed by atoms with E-state index in [0.29, 0.717) is 5.92 Å². The van der Waals surface area contributed by atoms with Crippen LogP contribution < -0.4 is 5.73 Å². The molecule has 0 unspecified atom stereocenters. The SMILES string of the molecule is CC(C)(C)OC(N)=O.O=CC1CCCCC1. The van der Waals surface area contributed by atoms with Crippen molar-refractivity contribution in [3.05, 3.63) is 0 Å². The molecule has 4 heteroatoms. The van der Waals surface area contributed by atoms with Crippen LogP contribution in [-0.2, 0) is 9.53 Å². The Hall–Kier alpha value is -1.06. The lowest BCUT2D eigenvalue weighted by Crippen LogP contribution is -2.27. The number of carbonyl (C=O) groups excluding carboxylic acids is 2. The van der Waals surface area contributed by atoms with Crippen LogP contribution in [0.2, 0.25) is 0 Å². The Labute approximate surface area is 97.5 Å². The molecule has 0 aliphatic heterocycles. The van der Waals surface area contributed by atoms with E-state index in [-0.39, 0.29) is 0 Å². The summed E-state index contributed by atoms with van der Waals surface area (Å²) in [6.07, 6.45) is 6.54. The summed E-state index contributed by atoms with van der Waals surface area (Å²) in [4.78, 5) is 20.2. The highest BCUT2D eigenvalue weighted by atomic mass is 16.6. The van der Waals surface area contributed by atoms with E-state index in [0.717, 1.165) is 19.1 Å². The summed E-state index contributed by atoms with van der Waals surface area (Å²) in [5.41, 5.74) is 4.26. The highest BCUT2D eigenvalue weighted by Crippen LogP contribution is 2.21. The zero-order valence-electron chi connectivity index (χ0n) is 10.5. The average Bonchev–Trinajstić information content (AvgIpc) is 2.16. The predicted molar refractivity (Wildman–Crippen MR) is 63.1 cm³/mol. The van der Waals surface area contributed by atoms with Gasteiger partial charge in [-0.1, -0.05) is 19.3 Å². The molecule has 0 saturated heterocycles. The lowest BCUT2D eigenvalue weighted by molar-refractivity contribution is -0.111. The third kappa shape index (κ3) is 9.49. The number of amides is 1. The van der Waals surface area contributed by atoms with Gasteiger partial charge in [-0.05, 0) is 33.6 Å². The zero-order valence-corrected chi connectivity index (χ0v) is 10.5. The molecule has 4 nitrogen and oxygen atoms in total. The van der Waals surface area contributed by atoms with Crippen molar-refractivity contribution in [2.24, 2.45) is 11.7 Å². The number of carbonyl (C=O) groups is 2. The first kappa shape index (κ1) is 14.9. The molecule has 94 valence electrons. The molecule has 1 aliphatic rings. The fourth-order valence-corrected chi connectivity index (χ4v) is 1.57. The largest absolute Gasteiger partial charge is 0.444 e. The Bertz CT molecular complexity index is 215. The van der Waals surface area contributed by atoms with E-state index in [2.05, 4.69) is 4.74 Å². The van der Waals surface area contributed by atoms with Gasteiger partial charge in [0.25, 0.3) is 0 Å². The van der Waals surface area contributed by atoms with Crippen molar-refractivity contribution in [3.8, 4) is 0 Å². The minimum Gasteiger partial charge on any atom is -0.444 e. The molecule has 0 aromatic rings. The molecule has 0 radical (unpaired) electrons. The molecule has 1 fully saturated rings. The quantitative estimate of drug-likeness (QED) is 0.703. The summed E-state index contributed by atoms with van der Waals surface area (Å²) in [7, 11) is 0. The standard InChI is InChI=1S/C7H12O.C5H11NO2/c8-6-7-4-2-1-3-5-7;1-5(2,3)8-4(6)7/h6-7H,1-5H2;1-3H3,(H2,6,7). The van der Waals surface area contributed by atoms with Gasteiger partial charge in [0.15, 0.2) is 0 Å². The highest BCUT2D eigenvalue weighted by molar-refractivity contribution is 5.65. The lowest BCUT2D eigenvalue weighted by atomic mass is 9.91. The maximum absolute atomic E-state index is 10.2. The topological polar surface area (TPSA) is 69.4 Å². The van der Waals surface area contributed by atoms with Gasteiger partial charge < -0.3 is 15.3 Å². The molecule has 0 atom stereocenters. The van der Waals surface area contributed by atoms with Crippen LogP contribution >= 0.6 is 0 Å². The molecule has 1 amide bonds. The molecule has 1 rings (SSSR count). The van der Waals surface area contributed by atoms with Crippen LogP contribution in [0.5, 0.6) is 0 Å². The van der Waals surface area contributed by atoms with Gasteiger partial charge in [-0.15, -0.1) is 0 Å². The van der Waals surface area contributed by atoms with Crippen molar-refractivity contribution < 1.29 is 14.3 Å². The second kappa shape index (κ2) is 7.25. The first-order valence-corrected chi connectivity index (χ1v) is 5.79. The van der Waals surface area contributed by atoms with Crippen molar-refractivity contribution in [1.82, 2.24) is 0 Å². The highest BCUT2D eigenvalue weighted by Gasteiger charge is 2.12. The second-order valence-corrected chi connectivity index (χ2v) is 5.07. The number of ether oxygens (including phenoxy) is 1. The first-order valence-electron chi connectivity index (χ1n) is 5.79. The third-order valence-corrected chi connectivity index (χ3v) is 2.25. The monoisotopic (exact) mass is 229 g/mol. The van der Waals surface area contributed by atoms with E-state index in [1.165, 1.54) is 19.3 Å². The molecule has 2 N–H and O–H groups in total. The van der Waals surface area contributed by atoms with Crippen LogP contribution in [0, 0.1) is 5.92 Å². The molecule has 16 heavy (non-hydrogen) atoms. The number of hydrogen-bond donors (Lipinski definition) is 1. The minimum absolute atomic E-state index is 0.406. The summed E-state index contributed by atoms with van der Waals surface area (Å²) in [6.45, 7) is 5.28. The molecule has 0 aromatic heterocycles. The molecule has 0 bridgehead atoms. The van der Waals surface area contributed by atoms with E-state index in [9.17, 15) is 9.59 Å². The van der Waals surface area contributed by atoms with Gasteiger partial charge in [-0.2, -0.15) is 0 Å². The Kier molecular flexibility index (Phi) is 6.77. The molecule has 1 aliphatic carbocycles. The van der Waals surface area contributed by atoms with Gasteiger partial charge in [-0.3, -0.25) is 0 Å². The van der Waals surface area contributed by atoms with Gasteiger partial charge in [0.05, 0.1) is 0 Å². The van der Waals surface area contributed by atoms with Crippen LogP contribution in [0.15, 0.2) is 0 Å². The summed E-state index contributed by atoms with van der Waals surface area (Å²) >= 11 is 0. The van der Waals surface area contributed by atoms with Gasteiger partial charge >= 0.3 is 6.09 Å². The lowest BCUT2D eigenvalue weighted by Gasteiger charge is -2.16. The van der Waals surface area contributed by atoms with Crippen LogP contribution in [0.25, 0.3) is 0 Å². The van der Waals surface area contributed by atoms with Gasteiger partial charge in [0.1, 0.15) is 11.9 Å². The van der Waals surface area contributed by atoms with Crippen molar-refractivity contribution >= 4 is 12.4 Å². The van der Waals surface area contributed by atoms with Crippen LogP contribution in [-0.4, -0.2) is 18.0 Å². The zero-order chi connectivity index (χ0) is 12.6. The Balaban J connectivity index is 0.000000281. The number of rotatable bonds is 1. The maximum Gasteiger partial charge on any atom is 0.405 e. The number of primary amides is 1. The molecule has 1 saturated carbocycles. The van der Waals surface area contributed by atoms with E-state index in [1.807, 2.05) is 0 Å². The molecule has 0 spiro atoms. The number of hydrogen-bond acceptors (Lipinski definition) is 3. The number of nitrogens with two attached hydrogens (primary N) is 1. The average molecular weight is 229 g/mol. The van der Waals surface area contributed by atoms with Crippen LogP contribution in [0.1, 0.15) is 52.9 Å². The predicted octanol–water partition coefficient (Wildman–Crippen LogP) is 2.65. The Morgan fingerprint density at radius 1 is 1.25 bits per heavy atom. The summed E-state index contributed by atoms with van der Waals surface area (Å²) in [5.74, 6) is 0.406. The van der Waals surface area contributed by atoms with Crippen LogP contribution in [0.4, 0.5) is 4.79 Å². The fourth-order valence-electron chi connectivity index (χ4n) is 1.57. The summed E-state index contributed by atoms with van der Waals surface area (Å²) in [5, 5.41) is 0. The fraction of sp³-hybridized carbons (Fsp3) is 0.833. The van der Waals surface area contributed by atoms with Crippen molar-refractivity contribution in [1.29, 1.82) is 0 Å². The molecule has 0 aromatic carbocycles. The van der Waals surface area contributed by atoms with E-state index in [4.69, 9.17) is 5.73 Å². The number of aldehydes is 1. The van der Waals surface area contributed by atoms with E-state index >= 15 is 0 Å². The maximum atomic E-state index is 10.2. The second-order valence-electron chi connectivity index (χ2n) is 5.07. The Morgan fingerprint density at radius 2 is 1.75 bits per heavy atom. The smallest absolute Gasteiger partial charge is 0.405 e. The normalized spacial score (nSPS) is 16.9. The van der Waals surface area contributed by atoms with Crippen molar-refractivity contribution in [2.45, 2.75) is 58.5 Å². The van der Waals surface area contributed by atoms with Crippen LogP contribution in [0.3, 0.4) is 0 Å². The summed E-state index contributed by atoms with van der Waals surface area (Å²) < 4.78 is 4.58. The molecular weight excluding hydrogens is 206 g/mol. The Morgan fingerprint density at radius 3 is 1.94 bits per heavy atom. The van der Waals surface area contributed by atoms with Gasteiger partial charge in [0, 0.05) is 5.92 Å². The molecular formula is C12H23NO3. The first-order chi connectivity index (χ1) is 7.35. The minimum atomic E-state index is -0.725. The third-order valence-electron chi connectivity index (χ3n) is 2.25. The van der Waals surface area contributed by atoms with E-state index in [1.54, 1.807) is 20.8 Å². The summed E-state index contributed by atoms with van der Waals surface area (Å²) in [6, 6.07) is 0.